The maximum atomic E-state index is 12.8. The first kappa shape index (κ1) is 18.8. The highest BCUT2D eigenvalue weighted by molar-refractivity contribution is 6.34. The minimum Gasteiger partial charge on any atom is -0.349 e. The van der Waals surface area contributed by atoms with E-state index in [0.29, 0.717) is 28.1 Å². The molecule has 1 aromatic rings. The molecule has 3 aliphatic carbocycles. The van der Waals surface area contributed by atoms with Crippen molar-refractivity contribution in [1.29, 1.82) is 0 Å². The van der Waals surface area contributed by atoms with Gasteiger partial charge in [0.15, 0.2) is 0 Å². The molecule has 1 aromatic carbocycles. The fourth-order valence-corrected chi connectivity index (χ4v) is 5.44. The zero-order chi connectivity index (χ0) is 19.0. The Hall–Kier alpha value is -1.59. The van der Waals surface area contributed by atoms with Crippen molar-refractivity contribution in [3.05, 3.63) is 28.8 Å². The summed E-state index contributed by atoms with van der Waals surface area (Å²) in [5, 5.41) is 6.45. The Labute approximate surface area is 165 Å². The third-order valence-corrected chi connectivity index (χ3v) is 7.03. The Morgan fingerprint density at radius 2 is 1.78 bits per heavy atom. The molecule has 2 amide bonds. The quantitative estimate of drug-likeness (QED) is 0.733. The van der Waals surface area contributed by atoms with Crippen LogP contribution in [0.4, 0.5) is 5.69 Å². The summed E-state index contributed by atoms with van der Waals surface area (Å²) < 4.78 is 0. The molecule has 0 radical (unpaired) electrons. The van der Waals surface area contributed by atoms with Gasteiger partial charge in [0.05, 0.1) is 16.5 Å². The van der Waals surface area contributed by atoms with Gasteiger partial charge in [-0.3, -0.25) is 9.59 Å². The predicted octanol–water partition coefficient (Wildman–Crippen LogP) is 3.71. The van der Waals surface area contributed by atoms with Gasteiger partial charge in [-0.25, -0.2) is 0 Å². The van der Waals surface area contributed by atoms with Gasteiger partial charge in [-0.15, -0.1) is 0 Å². The van der Waals surface area contributed by atoms with Crippen molar-refractivity contribution < 1.29 is 9.59 Å². The van der Waals surface area contributed by atoms with E-state index in [1.165, 1.54) is 6.42 Å². The zero-order valence-corrected chi connectivity index (χ0v) is 16.3. The van der Waals surface area contributed by atoms with Crippen molar-refractivity contribution in [3.63, 3.8) is 0 Å². The molecule has 0 saturated heterocycles. The Morgan fingerprint density at radius 3 is 2.48 bits per heavy atom. The van der Waals surface area contributed by atoms with E-state index in [-0.39, 0.29) is 29.8 Å². The van der Waals surface area contributed by atoms with Gasteiger partial charge in [0.2, 0.25) is 5.91 Å². The lowest BCUT2D eigenvalue weighted by Crippen LogP contribution is -2.42. The molecule has 4 unspecified atom stereocenters. The molecule has 5 nitrogen and oxygen atoms in total. The molecule has 3 saturated carbocycles. The molecule has 3 aliphatic rings. The monoisotopic (exact) mass is 389 g/mol. The van der Waals surface area contributed by atoms with Crippen molar-refractivity contribution in [2.24, 2.45) is 23.5 Å². The van der Waals surface area contributed by atoms with Crippen molar-refractivity contribution in [2.75, 3.05) is 5.32 Å². The van der Waals surface area contributed by atoms with Crippen molar-refractivity contribution in [1.82, 2.24) is 5.32 Å². The van der Waals surface area contributed by atoms with Gasteiger partial charge < -0.3 is 16.4 Å². The minimum absolute atomic E-state index is 0.0318. The average molecular weight is 390 g/mol. The van der Waals surface area contributed by atoms with Crippen LogP contribution in [0.15, 0.2) is 18.2 Å². The van der Waals surface area contributed by atoms with E-state index in [1.54, 1.807) is 18.2 Å². The zero-order valence-electron chi connectivity index (χ0n) is 15.5. The second-order valence-corrected chi connectivity index (χ2v) is 8.84. The van der Waals surface area contributed by atoms with Crippen LogP contribution >= 0.6 is 11.6 Å². The maximum Gasteiger partial charge on any atom is 0.253 e. The second kappa shape index (κ2) is 7.80. The fraction of sp³-hybridized carbons (Fsp3) is 0.619. The number of nitrogens with two attached hydrogens (primary N) is 1. The third-order valence-electron chi connectivity index (χ3n) is 6.70. The molecule has 27 heavy (non-hydrogen) atoms. The van der Waals surface area contributed by atoms with E-state index < -0.39 is 0 Å². The molecule has 4 atom stereocenters. The molecule has 0 aromatic heterocycles. The van der Waals surface area contributed by atoms with E-state index >= 15 is 0 Å². The van der Waals surface area contributed by atoms with E-state index in [9.17, 15) is 9.59 Å². The number of rotatable bonds is 4. The van der Waals surface area contributed by atoms with Crippen LogP contribution in [0.25, 0.3) is 0 Å². The summed E-state index contributed by atoms with van der Waals surface area (Å²) >= 11 is 6.25. The highest BCUT2D eigenvalue weighted by Crippen LogP contribution is 2.47. The highest BCUT2D eigenvalue weighted by atomic mass is 35.5. The number of nitrogens with one attached hydrogen (secondary N) is 2. The van der Waals surface area contributed by atoms with Gasteiger partial charge in [-0.1, -0.05) is 30.9 Å². The van der Waals surface area contributed by atoms with Gasteiger partial charge in [0.25, 0.3) is 5.91 Å². The van der Waals surface area contributed by atoms with Crippen LogP contribution in [0.1, 0.15) is 61.7 Å². The van der Waals surface area contributed by atoms with Gasteiger partial charge in [-0.2, -0.15) is 0 Å². The van der Waals surface area contributed by atoms with E-state index in [1.807, 2.05) is 0 Å². The van der Waals surface area contributed by atoms with Gasteiger partial charge in [-0.05, 0) is 62.1 Å². The summed E-state index contributed by atoms with van der Waals surface area (Å²) in [6.45, 7) is 0. The molecule has 146 valence electrons. The number of fused-ring (bicyclic) bond motifs is 2. The summed E-state index contributed by atoms with van der Waals surface area (Å²) in [5.74, 6) is 0.549. The summed E-state index contributed by atoms with van der Waals surface area (Å²) in [6.07, 6.45) is 8.86. The van der Waals surface area contributed by atoms with Crippen LogP contribution in [0.2, 0.25) is 5.02 Å². The molecule has 4 rings (SSSR count). The molecule has 3 fully saturated rings. The van der Waals surface area contributed by atoms with Crippen LogP contribution in [0, 0.1) is 17.8 Å². The number of benzene rings is 1. The maximum absolute atomic E-state index is 12.8. The second-order valence-electron chi connectivity index (χ2n) is 8.43. The summed E-state index contributed by atoms with van der Waals surface area (Å²) in [5.41, 5.74) is 7.30. The van der Waals surface area contributed by atoms with E-state index in [4.69, 9.17) is 17.3 Å². The Kier molecular flexibility index (Phi) is 5.42. The number of amides is 2. The fourth-order valence-electron chi connectivity index (χ4n) is 5.24. The number of hydrogen-bond acceptors (Lipinski definition) is 3. The van der Waals surface area contributed by atoms with Crippen molar-refractivity contribution in [2.45, 2.75) is 63.5 Å². The molecule has 0 aliphatic heterocycles. The minimum atomic E-state index is -0.167. The van der Waals surface area contributed by atoms with Gasteiger partial charge in [0, 0.05) is 17.8 Å². The summed E-state index contributed by atoms with van der Waals surface area (Å²) in [7, 11) is 0. The van der Waals surface area contributed by atoms with Crippen LogP contribution in [-0.4, -0.2) is 23.9 Å². The molecular weight excluding hydrogens is 362 g/mol. The molecular formula is C21H28ClN3O2. The number of hydrogen-bond donors (Lipinski definition) is 3. The van der Waals surface area contributed by atoms with Crippen molar-refractivity contribution >= 4 is 29.1 Å². The molecule has 0 spiro atoms. The third kappa shape index (κ3) is 3.85. The normalized spacial score (nSPS) is 30.3. The lowest BCUT2D eigenvalue weighted by atomic mass is 9.84. The smallest absolute Gasteiger partial charge is 0.253 e. The number of carbonyl (C=O) groups is 2. The highest BCUT2D eigenvalue weighted by Gasteiger charge is 2.49. The van der Waals surface area contributed by atoms with Crippen LogP contribution < -0.4 is 16.4 Å². The Balaban J connectivity index is 1.44. The number of anilines is 1. The number of halogens is 1. The first-order chi connectivity index (χ1) is 13.0. The van der Waals surface area contributed by atoms with E-state index in [0.717, 1.165) is 44.9 Å². The van der Waals surface area contributed by atoms with Crippen LogP contribution in [-0.2, 0) is 4.79 Å². The Bertz CT molecular complexity index is 730. The standard InChI is InChI=1S/C21H28ClN3O2/c22-17-9-8-15(11-16(17)20(26)24-14-4-2-1-3-5-14)25-21(27)18-12-6-7-13(10-12)19(18)23/h8-9,11-14,18-19H,1-7,10,23H2,(H,24,26)(H,25,27). The predicted molar refractivity (Wildman–Crippen MR) is 107 cm³/mol. The molecule has 0 heterocycles. The van der Waals surface area contributed by atoms with Crippen LogP contribution in [0.3, 0.4) is 0 Å². The molecule has 2 bridgehead atoms. The summed E-state index contributed by atoms with van der Waals surface area (Å²) in [6, 6.07) is 5.26. The van der Waals surface area contributed by atoms with Crippen LogP contribution in [0.5, 0.6) is 0 Å². The van der Waals surface area contributed by atoms with Gasteiger partial charge >= 0.3 is 0 Å². The molecule has 4 N–H and O–H groups in total. The topological polar surface area (TPSA) is 84.2 Å². The first-order valence-electron chi connectivity index (χ1n) is 10.2. The lowest BCUT2D eigenvalue weighted by molar-refractivity contribution is -0.121. The SMILES string of the molecule is NC1C2CCC(C2)C1C(=O)Nc1ccc(Cl)c(C(=O)NC2CCCCC2)c1. The number of carbonyl (C=O) groups excluding carboxylic acids is 2. The molecule has 6 heteroatoms. The van der Waals surface area contributed by atoms with E-state index in [2.05, 4.69) is 10.6 Å². The van der Waals surface area contributed by atoms with Gasteiger partial charge in [0.1, 0.15) is 0 Å². The first-order valence-corrected chi connectivity index (χ1v) is 10.6. The van der Waals surface area contributed by atoms with Crippen molar-refractivity contribution in [3.8, 4) is 0 Å². The largest absolute Gasteiger partial charge is 0.349 e. The lowest BCUT2D eigenvalue weighted by Gasteiger charge is -2.27. The summed E-state index contributed by atoms with van der Waals surface area (Å²) in [4.78, 5) is 25.4. The Morgan fingerprint density at radius 1 is 1.04 bits per heavy atom. The average Bonchev–Trinajstić information content (AvgIpc) is 3.25.